The van der Waals surface area contributed by atoms with Gasteiger partial charge in [-0.05, 0) is 48.5 Å². The van der Waals surface area contributed by atoms with E-state index >= 15 is 0 Å². The first kappa shape index (κ1) is 21.1. The minimum absolute atomic E-state index is 0.00540. The zero-order valence-electron chi connectivity index (χ0n) is 15.6. The summed E-state index contributed by atoms with van der Waals surface area (Å²) in [4.78, 5) is 15.3. The van der Waals surface area contributed by atoms with Crippen LogP contribution in [0.2, 0.25) is 5.02 Å². The quantitative estimate of drug-likeness (QED) is 0.383. The molecule has 0 aliphatic heterocycles. The van der Waals surface area contributed by atoms with Gasteiger partial charge in [0.05, 0.1) is 10.5 Å². The number of carbonyl (C=O) groups excluding carboxylic acids is 1. The number of rotatable bonds is 4. The number of hydrogen-bond acceptors (Lipinski definition) is 3. The van der Waals surface area contributed by atoms with E-state index in [9.17, 15) is 26.4 Å². The normalized spacial score (nSPS) is 12.3. The highest BCUT2D eigenvalue weighted by Gasteiger charge is 2.34. The van der Waals surface area contributed by atoms with Crippen LogP contribution >= 0.6 is 11.6 Å². The minimum atomic E-state index is -4.63. The molecule has 0 bridgehead atoms. The number of fused-ring (bicyclic) bond motifs is 1. The van der Waals surface area contributed by atoms with Gasteiger partial charge in [-0.2, -0.15) is 13.2 Å². The molecule has 1 heterocycles. The zero-order chi connectivity index (χ0) is 22.4. The molecule has 1 N–H and O–H groups in total. The van der Waals surface area contributed by atoms with Crippen molar-refractivity contribution in [3.8, 4) is 0 Å². The summed E-state index contributed by atoms with van der Waals surface area (Å²) in [6.07, 6.45) is -4.63. The predicted molar refractivity (Wildman–Crippen MR) is 110 cm³/mol. The molecule has 9 heteroatoms. The average Bonchev–Trinajstić information content (AvgIpc) is 3.13. The van der Waals surface area contributed by atoms with Crippen LogP contribution in [-0.2, 0) is 16.0 Å². The average molecular weight is 464 g/mol. The number of sulfone groups is 1. The Morgan fingerprint density at radius 3 is 2.16 bits per heavy atom. The van der Waals surface area contributed by atoms with Gasteiger partial charge in [-0.25, -0.2) is 8.42 Å². The lowest BCUT2D eigenvalue weighted by Gasteiger charge is -2.08. The molecule has 0 saturated heterocycles. The monoisotopic (exact) mass is 463 g/mol. The third-order valence-corrected chi connectivity index (χ3v) is 6.84. The van der Waals surface area contributed by atoms with Gasteiger partial charge in [-0.15, -0.1) is 0 Å². The van der Waals surface area contributed by atoms with Crippen molar-refractivity contribution in [1.82, 2.24) is 4.98 Å². The summed E-state index contributed by atoms with van der Waals surface area (Å²) in [7, 11) is -4.22. The van der Waals surface area contributed by atoms with Crippen molar-refractivity contribution in [2.45, 2.75) is 16.0 Å². The standard InChI is InChI=1S/C22H13ClF3NO3S/c23-15-9-6-13(7-10-15)20(28)19-21(31(29,30)16-4-2-1-3-5-16)17-11-8-14(22(24,25)26)12-18(17)27-19/h1-12,27H. The topological polar surface area (TPSA) is 67.0 Å². The van der Waals surface area contributed by atoms with Crippen LogP contribution in [0.25, 0.3) is 10.9 Å². The molecule has 0 unspecified atom stereocenters. The third-order valence-electron chi connectivity index (χ3n) is 4.73. The zero-order valence-corrected chi connectivity index (χ0v) is 17.1. The Morgan fingerprint density at radius 1 is 0.903 bits per heavy atom. The van der Waals surface area contributed by atoms with Crippen molar-refractivity contribution in [2.75, 3.05) is 0 Å². The van der Waals surface area contributed by atoms with Crippen LogP contribution < -0.4 is 0 Å². The van der Waals surface area contributed by atoms with Gasteiger partial charge < -0.3 is 4.98 Å². The van der Waals surface area contributed by atoms with Gasteiger partial charge in [0.25, 0.3) is 0 Å². The molecule has 3 aromatic carbocycles. The molecule has 0 saturated carbocycles. The molecule has 158 valence electrons. The Morgan fingerprint density at radius 2 is 1.55 bits per heavy atom. The Hall–Kier alpha value is -3.10. The number of hydrogen-bond donors (Lipinski definition) is 1. The Balaban J connectivity index is 2.01. The second-order valence-electron chi connectivity index (χ2n) is 6.74. The molecule has 0 aliphatic rings. The number of aromatic amines is 1. The van der Waals surface area contributed by atoms with E-state index in [1.807, 2.05) is 0 Å². The SMILES string of the molecule is O=C(c1ccc(Cl)cc1)c1[nH]c2cc(C(F)(F)F)ccc2c1S(=O)(=O)c1ccccc1. The lowest BCUT2D eigenvalue weighted by atomic mass is 10.1. The number of halogens is 4. The summed E-state index contributed by atoms with van der Waals surface area (Å²) < 4.78 is 66.3. The second-order valence-corrected chi connectivity index (χ2v) is 9.06. The maximum absolute atomic E-state index is 13.4. The van der Waals surface area contributed by atoms with Crippen LogP contribution in [0.3, 0.4) is 0 Å². The van der Waals surface area contributed by atoms with Crippen LogP contribution in [0.15, 0.2) is 82.6 Å². The second kappa shape index (κ2) is 7.55. The highest BCUT2D eigenvalue weighted by atomic mass is 35.5. The summed E-state index contributed by atoms with van der Waals surface area (Å²) in [5.74, 6) is -0.684. The first-order chi connectivity index (χ1) is 14.6. The van der Waals surface area contributed by atoms with Crippen molar-refractivity contribution >= 4 is 38.1 Å². The fourth-order valence-corrected chi connectivity index (χ4v) is 5.01. The van der Waals surface area contributed by atoms with E-state index in [0.29, 0.717) is 5.02 Å². The van der Waals surface area contributed by atoms with Crippen LogP contribution in [0.1, 0.15) is 21.6 Å². The van der Waals surface area contributed by atoms with Gasteiger partial charge in [0.1, 0.15) is 10.6 Å². The van der Waals surface area contributed by atoms with Gasteiger partial charge in [-0.3, -0.25) is 4.79 Å². The summed E-state index contributed by atoms with van der Waals surface area (Å²) in [6, 6.07) is 15.8. The van der Waals surface area contributed by atoms with E-state index in [2.05, 4.69) is 4.98 Å². The fourth-order valence-electron chi connectivity index (χ4n) is 3.25. The van der Waals surface area contributed by atoms with Crippen LogP contribution in [0, 0.1) is 0 Å². The van der Waals surface area contributed by atoms with Gasteiger partial charge in [0.2, 0.25) is 15.6 Å². The predicted octanol–water partition coefficient (Wildman–Crippen LogP) is 5.90. The van der Waals surface area contributed by atoms with Gasteiger partial charge in [0.15, 0.2) is 0 Å². The largest absolute Gasteiger partial charge is 0.416 e. The lowest BCUT2D eigenvalue weighted by Crippen LogP contribution is -2.10. The van der Waals surface area contributed by atoms with Crippen LogP contribution in [0.4, 0.5) is 13.2 Å². The van der Waals surface area contributed by atoms with E-state index in [0.717, 1.165) is 18.2 Å². The number of nitrogens with one attached hydrogen (secondary N) is 1. The number of benzene rings is 3. The molecule has 0 atom stereocenters. The highest BCUT2D eigenvalue weighted by Crippen LogP contribution is 2.37. The molecular weight excluding hydrogens is 451 g/mol. The van der Waals surface area contributed by atoms with E-state index in [1.165, 1.54) is 48.5 Å². The highest BCUT2D eigenvalue weighted by molar-refractivity contribution is 7.91. The molecule has 4 nitrogen and oxygen atoms in total. The molecule has 0 amide bonds. The molecule has 4 aromatic rings. The molecule has 0 radical (unpaired) electrons. The third kappa shape index (κ3) is 3.84. The molecule has 31 heavy (non-hydrogen) atoms. The Kier molecular flexibility index (Phi) is 5.15. The van der Waals surface area contributed by atoms with Gasteiger partial charge in [-0.1, -0.05) is 35.9 Å². The number of alkyl halides is 3. The minimum Gasteiger partial charge on any atom is -0.351 e. The molecule has 0 fully saturated rings. The van der Waals surface area contributed by atoms with E-state index < -0.39 is 27.4 Å². The molecule has 0 aliphatic carbocycles. The number of H-pyrrole nitrogens is 1. The van der Waals surface area contributed by atoms with Crippen LogP contribution in [0.5, 0.6) is 0 Å². The van der Waals surface area contributed by atoms with E-state index in [1.54, 1.807) is 6.07 Å². The van der Waals surface area contributed by atoms with Crippen LogP contribution in [-0.4, -0.2) is 19.2 Å². The van der Waals surface area contributed by atoms with Crippen molar-refractivity contribution in [2.24, 2.45) is 0 Å². The maximum atomic E-state index is 13.4. The molecular formula is C22H13ClF3NO3S. The van der Waals surface area contributed by atoms with Crippen molar-refractivity contribution in [3.63, 3.8) is 0 Å². The van der Waals surface area contributed by atoms with E-state index in [4.69, 9.17) is 11.6 Å². The Labute approximate surface area is 180 Å². The smallest absolute Gasteiger partial charge is 0.351 e. The van der Waals surface area contributed by atoms with Crippen molar-refractivity contribution in [1.29, 1.82) is 0 Å². The van der Waals surface area contributed by atoms with Crippen molar-refractivity contribution in [3.05, 3.63) is 94.6 Å². The lowest BCUT2D eigenvalue weighted by molar-refractivity contribution is -0.137. The number of ketones is 1. The molecule has 4 rings (SSSR count). The number of aromatic nitrogens is 1. The van der Waals surface area contributed by atoms with Gasteiger partial charge >= 0.3 is 6.18 Å². The first-order valence-corrected chi connectivity index (χ1v) is 10.8. The van der Waals surface area contributed by atoms with Crippen molar-refractivity contribution < 1.29 is 26.4 Å². The first-order valence-electron chi connectivity index (χ1n) is 8.92. The maximum Gasteiger partial charge on any atom is 0.416 e. The summed E-state index contributed by atoms with van der Waals surface area (Å²) in [6.45, 7) is 0. The van der Waals surface area contributed by atoms with Gasteiger partial charge in [0, 0.05) is 21.5 Å². The van der Waals surface area contributed by atoms with E-state index in [-0.39, 0.29) is 32.0 Å². The summed E-state index contributed by atoms with van der Waals surface area (Å²) in [5, 5.41) is 0.370. The molecule has 0 spiro atoms. The summed E-state index contributed by atoms with van der Waals surface area (Å²) >= 11 is 5.85. The Bertz CT molecular complexity index is 1390. The number of carbonyl (C=O) groups is 1. The molecule has 1 aromatic heterocycles. The summed E-state index contributed by atoms with van der Waals surface area (Å²) in [5.41, 5.74) is -1.26. The fraction of sp³-hybridized carbons (Fsp3) is 0.0455.